The van der Waals surface area contributed by atoms with E-state index >= 15 is 0 Å². The SMILES string of the molecule is CCOC(=O)C(C)OC1CCC2C(=O)C(Oc3cccc(OC)c3)=COC2C1. The minimum atomic E-state index is -0.636. The molecule has 28 heavy (non-hydrogen) atoms. The molecule has 1 fully saturated rings. The molecule has 1 aromatic carbocycles. The number of esters is 1. The molecule has 1 aliphatic carbocycles. The van der Waals surface area contributed by atoms with Gasteiger partial charge >= 0.3 is 5.97 Å². The van der Waals surface area contributed by atoms with Crippen LogP contribution in [-0.4, -0.2) is 43.8 Å². The third kappa shape index (κ3) is 4.65. The maximum Gasteiger partial charge on any atom is 0.334 e. The molecule has 7 heteroatoms. The van der Waals surface area contributed by atoms with Crippen molar-refractivity contribution >= 4 is 11.8 Å². The Labute approximate surface area is 164 Å². The first-order chi connectivity index (χ1) is 13.5. The summed E-state index contributed by atoms with van der Waals surface area (Å²) in [5.41, 5.74) is 0. The summed E-state index contributed by atoms with van der Waals surface area (Å²) >= 11 is 0. The molecule has 2 aliphatic rings. The van der Waals surface area contributed by atoms with Crippen LogP contribution in [0.5, 0.6) is 11.5 Å². The summed E-state index contributed by atoms with van der Waals surface area (Å²) in [6.45, 7) is 3.76. The Bertz CT molecular complexity index is 742. The van der Waals surface area contributed by atoms with Gasteiger partial charge in [-0.25, -0.2) is 4.79 Å². The quantitative estimate of drug-likeness (QED) is 0.662. The smallest absolute Gasteiger partial charge is 0.334 e. The van der Waals surface area contributed by atoms with Crippen LogP contribution in [0.25, 0.3) is 0 Å². The van der Waals surface area contributed by atoms with Crippen LogP contribution >= 0.6 is 0 Å². The fourth-order valence-electron chi connectivity index (χ4n) is 3.53. The largest absolute Gasteiger partial charge is 0.497 e. The predicted molar refractivity (Wildman–Crippen MR) is 99.9 cm³/mol. The Kier molecular flexibility index (Phi) is 6.57. The Morgan fingerprint density at radius 2 is 2.07 bits per heavy atom. The molecule has 0 spiro atoms. The molecule has 0 amide bonds. The first-order valence-electron chi connectivity index (χ1n) is 9.55. The summed E-state index contributed by atoms with van der Waals surface area (Å²) in [6.07, 6.45) is 2.14. The normalized spacial score (nSPS) is 25.0. The highest BCUT2D eigenvalue weighted by molar-refractivity contribution is 5.96. The first-order valence-corrected chi connectivity index (χ1v) is 9.55. The van der Waals surface area contributed by atoms with Gasteiger partial charge in [0.15, 0.2) is 6.10 Å². The molecule has 0 aromatic heterocycles. The minimum Gasteiger partial charge on any atom is -0.497 e. The van der Waals surface area contributed by atoms with Gasteiger partial charge in [-0.1, -0.05) is 6.07 Å². The summed E-state index contributed by atoms with van der Waals surface area (Å²) in [4.78, 5) is 24.6. The molecular formula is C21H26O7. The number of ether oxygens (including phenoxy) is 5. The lowest BCUT2D eigenvalue weighted by Crippen LogP contribution is -2.43. The van der Waals surface area contributed by atoms with Crippen LogP contribution < -0.4 is 9.47 Å². The van der Waals surface area contributed by atoms with E-state index in [-0.39, 0.29) is 35.6 Å². The van der Waals surface area contributed by atoms with Crippen LogP contribution in [0.15, 0.2) is 36.3 Å². The number of allylic oxidation sites excluding steroid dienone is 1. The highest BCUT2D eigenvalue weighted by atomic mass is 16.6. The number of benzene rings is 1. The number of methoxy groups -OCH3 is 1. The lowest BCUT2D eigenvalue weighted by Gasteiger charge is -2.37. The van der Waals surface area contributed by atoms with E-state index in [0.717, 1.165) is 0 Å². The van der Waals surface area contributed by atoms with E-state index in [1.54, 1.807) is 45.2 Å². The number of fused-ring (bicyclic) bond motifs is 1. The van der Waals surface area contributed by atoms with E-state index in [1.807, 2.05) is 0 Å². The summed E-state index contributed by atoms with van der Waals surface area (Å²) in [7, 11) is 1.57. The maximum atomic E-state index is 12.8. The zero-order chi connectivity index (χ0) is 20.1. The number of Topliss-reactive ketones (excluding diaryl/α,β-unsaturated/α-hetero) is 1. The van der Waals surface area contributed by atoms with Crippen molar-refractivity contribution in [2.75, 3.05) is 13.7 Å². The molecule has 0 N–H and O–H groups in total. The molecule has 3 rings (SSSR count). The summed E-state index contributed by atoms with van der Waals surface area (Å²) in [5.74, 6) is 0.627. The Morgan fingerprint density at radius 3 is 2.82 bits per heavy atom. The molecule has 0 saturated heterocycles. The van der Waals surface area contributed by atoms with Gasteiger partial charge in [0.05, 0.1) is 25.7 Å². The van der Waals surface area contributed by atoms with Crippen molar-refractivity contribution in [1.29, 1.82) is 0 Å². The van der Waals surface area contributed by atoms with Gasteiger partial charge in [-0.15, -0.1) is 0 Å². The van der Waals surface area contributed by atoms with E-state index in [9.17, 15) is 9.59 Å². The van der Waals surface area contributed by atoms with Crippen LogP contribution in [0.3, 0.4) is 0 Å². The van der Waals surface area contributed by atoms with Gasteiger partial charge in [-0.3, -0.25) is 4.79 Å². The highest BCUT2D eigenvalue weighted by Gasteiger charge is 2.42. The average Bonchev–Trinajstić information content (AvgIpc) is 2.70. The van der Waals surface area contributed by atoms with Crippen LogP contribution in [0.1, 0.15) is 33.1 Å². The van der Waals surface area contributed by atoms with E-state index < -0.39 is 6.10 Å². The standard InChI is InChI=1S/C21H26O7/c1-4-25-21(23)13(2)27-16-8-9-17-18(11-16)26-12-19(20(17)22)28-15-7-5-6-14(10-15)24-3/h5-7,10,12-13,16-18H,4,8-9,11H2,1-3H3. The van der Waals surface area contributed by atoms with Gasteiger partial charge in [0.1, 0.15) is 23.9 Å². The van der Waals surface area contributed by atoms with E-state index in [1.165, 1.54) is 6.26 Å². The second-order valence-electron chi connectivity index (χ2n) is 6.87. The van der Waals surface area contributed by atoms with E-state index in [2.05, 4.69) is 0 Å². The monoisotopic (exact) mass is 390 g/mol. The lowest BCUT2D eigenvalue weighted by atomic mass is 9.80. The van der Waals surface area contributed by atoms with E-state index in [0.29, 0.717) is 37.4 Å². The molecule has 1 heterocycles. The Balaban J connectivity index is 1.60. The Hall–Kier alpha value is -2.54. The average molecular weight is 390 g/mol. The second kappa shape index (κ2) is 9.10. The lowest BCUT2D eigenvalue weighted by molar-refractivity contribution is -0.164. The van der Waals surface area contributed by atoms with Crippen molar-refractivity contribution in [2.45, 2.75) is 51.4 Å². The number of carbonyl (C=O) groups excluding carboxylic acids is 2. The van der Waals surface area contributed by atoms with Crippen LogP contribution in [-0.2, 0) is 23.8 Å². The van der Waals surface area contributed by atoms with Gasteiger partial charge in [0.2, 0.25) is 11.5 Å². The predicted octanol–water partition coefficient (Wildman–Crippen LogP) is 3.02. The van der Waals surface area contributed by atoms with E-state index in [4.69, 9.17) is 23.7 Å². The fraction of sp³-hybridized carbons (Fsp3) is 0.524. The number of hydrogen-bond donors (Lipinski definition) is 0. The number of hydrogen-bond acceptors (Lipinski definition) is 7. The molecular weight excluding hydrogens is 364 g/mol. The summed E-state index contributed by atoms with van der Waals surface area (Å²) in [6, 6.07) is 7.06. The molecule has 4 atom stereocenters. The number of carbonyl (C=O) groups is 2. The van der Waals surface area contributed by atoms with Gasteiger partial charge < -0.3 is 23.7 Å². The highest BCUT2D eigenvalue weighted by Crippen LogP contribution is 2.35. The molecule has 1 aromatic rings. The first kappa shape index (κ1) is 20.2. The minimum absolute atomic E-state index is 0.0732. The zero-order valence-corrected chi connectivity index (χ0v) is 16.4. The molecule has 0 bridgehead atoms. The van der Waals surface area contributed by atoms with Crippen LogP contribution in [0, 0.1) is 5.92 Å². The van der Waals surface area contributed by atoms with Crippen molar-refractivity contribution in [2.24, 2.45) is 5.92 Å². The third-order valence-corrected chi connectivity index (χ3v) is 4.96. The van der Waals surface area contributed by atoms with Gasteiger partial charge in [-0.05, 0) is 38.8 Å². The Morgan fingerprint density at radius 1 is 1.29 bits per heavy atom. The topological polar surface area (TPSA) is 80.3 Å². The zero-order valence-electron chi connectivity index (χ0n) is 16.4. The maximum absolute atomic E-state index is 12.8. The number of ketones is 1. The molecule has 7 nitrogen and oxygen atoms in total. The van der Waals surface area contributed by atoms with Crippen molar-refractivity contribution < 1.29 is 33.3 Å². The van der Waals surface area contributed by atoms with Crippen molar-refractivity contribution in [3.8, 4) is 11.5 Å². The van der Waals surface area contributed by atoms with Crippen molar-refractivity contribution in [3.05, 3.63) is 36.3 Å². The van der Waals surface area contributed by atoms with Crippen molar-refractivity contribution in [1.82, 2.24) is 0 Å². The summed E-state index contributed by atoms with van der Waals surface area (Å²) in [5, 5.41) is 0. The third-order valence-electron chi connectivity index (χ3n) is 4.96. The fourth-order valence-corrected chi connectivity index (χ4v) is 3.53. The molecule has 0 radical (unpaired) electrons. The number of rotatable bonds is 7. The van der Waals surface area contributed by atoms with Crippen LogP contribution in [0.2, 0.25) is 0 Å². The summed E-state index contributed by atoms with van der Waals surface area (Å²) < 4.78 is 27.4. The molecule has 152 valence electrons. The van der Waals surface area contributed by atoms with Crippen molar-refractivity contribution in [3.63, 3.8) is 0 Å². The molecule has 4 unspecified atom stereocenters. The van der Waals surface area contributed by atoms with Gasteiger partial charge in [-0.2, -0.15) is 0 Å². The molecule has 1 saturated carbocycles. The molecule has 1 aliphatic heterocycles. The van der Waals surface area contributed by atoms with Crippen LogP contribution in [0.4, 0.5) is 0 Å². The van der Waals surface area contributed by atoms with Gasteiger partial charge in [0, 0.05) is 12.5 Å². The second-order valence-corrected chi connectivity index (χ2v) is 6.87. The van der Waals surface area contributed by atoms with Gasteiger partial charge in [0.25, 0.3) is 0 Å².